The molecule has 1 heterocycles. The van der Waals surface area contributed by atoms with Crippen molar-refractivity contribution in [2.45, 2.75) is 45.5 Å². The van der Waals surface area contributed by atoms with Gasteiger partial charge in [-0.25, -0.2) is 0 Å². The van der Waals surface area contributed by atoms with Crippen molar-refractivity contribution >= 4 is 52.3 Å². The molecule has 224 valence electrons. The third-order valence-corrected chi connectivity index (χ3v) is 7.99. The van der Waals surface area contributed by atoms with Crippen molar-refractivity contribution in [2.24, 2.45) is 0 Å². The molecule has 8 nitrogen and oxygen atoms in total. The lowest BCUT2D eigenvalue weighted by Crippen LogP contribution is -2.55. The highest BCUT2D eigenvalue weighted by Gasteiger charge is 2.38. The summed E-state index contributed by atoms with van der Waals surface area (Å²) in [6, 6.07) is 24.8. The molecule has 1 aliphatic heterocycles. The fraction of sp³-hybridized carbons (Fsp3) is 0.265. The molecule has 5 rings (SSSR count). The van der Waals surface area contributed by atoms with Crippen molar-refractivity contribution in [3.63, 3.8) is 0 Å². The van der Waals surface area contributed by atoms with Gasteiger partial charge >= 0.3 is 0 Å². The standard InChI is InChI=1S/C34H36N4O4.ClH/c1-21-16-17-24-10-5-6-13-27(24)28(21)19-37-30-14-7-8-15-31(30)38(20-29(34(37)42)36-32(40)22(2)35-4)33(41)26-12-9-11-25(18-26)23(3)39;/h5-18,22-23,29,35,39H,19-20H2,1-4H3,(H,36,40);1H/t22-,23?,29-;/m0./s1. The highest BCUT2D eigenvalue weighted by atomic mass is 35.5. The average Bonchev–Trinajstić information content (AvgIpc) is 3.12. The first-order valence-electron chi connectivity index (χ1n) is 14.1. The molecular formula is C34H37ClN4O4. The summed E-state index contributed by atoms with van der Waals surface area (Å²) in [5.74, 6) is -0.979. The van der Waals surface area contributed by atoms with Crippen molar-refractivity contribution in [3.8, 4) is 0 Å². The van der Waals surface area contributed by atoms with Crippen LogP contribution in [-0.4, -0.2) is 48.5 Å². The van der Waals surface area contributed by atoms with Crippen LogP contribution >= 0.6 is 12.4 Å². The summed E-state index contributed by atoms with van der Waals surface area (Å²) in [5.41, 5.74) is 4.16. The largest absolute Gasteiger partial charge is 0.389 e. The fourth-order valence-corrected chi connectivity index (χ4v) is 5.38. The van der Waals surface area contributed by atoms with Crippen LogP contribution in [0.3, 0.4) is 0 Å². The second kappa shape index (κ2) is 13.4. The Hall–Kier alpha value is -4.24. The van der Waals surface area contributed by atoms with Gasteiger partial charge in [-0.1, -0.05) is 60.7 Å². The molecule has 3 atom stereocenters. The second-order valence-corrected chi connectivity index (χ2v) is 10.8. The number of hydrogen-bond acceptors (Lipinski definition) is 5. The topological polar surface area (TPSA) is 102 Å². The number of carbonyl (C=O) groups excluding carboxylic acids is 3. The summed E-state index contributed by atoms with van der Waals surface area (Å²) in [6.07, 6.45) is -0.745. The maximum Gasteiger partial charge on any atom is 0.258 e. The van der Waals surface area contributed by atoms with Gasteiger partial charge in [-0.05, 0) is 79.5 Å². The number of hydrogen-bond donors (Lipinski definition) is 3. The molecule has 4 aromatic carbocycles. The zero-order chi connectivity index (χ0) is 30.0. The van der Waals surface area contributed by atoms with E-state index in [2.05, 4.69) is 16.7 Å². The summed E-state index contributed by atoms with van der Waals surface area (Å²) in [4.78, 5) is 44.8. The van der Waals surface area contributed by atoms with E-state index < -0.39 is 18.2 Å². The van der Waals surface area contributed by atoms with E-state index in [1.165, 1.54) is 0 Å². The zero-order valence-corrected chi connectivity index (χ0v) is 25.5. The molecule has 0 fully saturated rings. The number of aliphatic hydroxyl groups excluding tert-OH is 1. The monoisotopic (exact) mass is 600 g/mol. The third-order valence-electron chi connectivity index (χ3n) is 7.99. The van der Waals surface area contributed by atoms with E-state index in [4.69, 9.17) is 0 Å². The summed E-state index contributed by atoms with van der Waals surface area (Å²) >= 11 is 0. The second-order valence-electron chi connectivity index (χ2n) is 10.8. The third kappa shape index (κ3) is 6.41. The van der Waals surface area contributed by atoms with Gasteiger partial charge in [0.25, 0.3) is 11.8 Å². The Balaban J connectivity index is 0.00000423. The molecule has 0 aromatic heterocycles. The van der Waals surface area contributed by atoms with Crippen LogP contribution in [0.25, 0.3) is 10.8 Å². The molecule has 0 saturated carbocycles. The number of rotatable bonds is 7. The van der Waals surface area contributed by atoms with E-state index in [0.717, 1.165) is 21.9 Å². The van der Waals surface area contributed by atoms with Crippen molar-refractivity contribution in [2.75, 3.05) is 23.4 Å². The molecule has 4 aromatic rings. The Labute approximate surface area is 258 Å². The predicted molar refractivity (Wildman–Crippen MR) is 173 cm³/mol. The minimum Gasteiger partial charge on any atom is -0.389 e. The molecule has 1 aliphatic rings. The van der Waals surface area contributed by atoms with Crippen LogP contribution < -0.4 is 20.4 Å². The van der Waals surface area contributed by atoms with Gasteiger partial charge in [0.2, 0.25) is 5.91 Å². The number of para-hydroxylation sites is 2. The highest BCUT2D eigenvalue weighted by Crippen LogP contribution is 2.36. The van der Waals surface area contributed by atoms with Gasteiger partial charge in [-0.2, -0.15) is 0 Å². The summed E-state index contributed by atoms with van der Waals surface area (Å²) < 4.78 is 0. The van der Waals surface area contributed by atoms with Crippen LogP contribution in [0, 0.1) is 6.92 Å². The lowest BCUT2D eigenvalue weighted by molar-refractivity contribution is -0.128. The number of anilines is 2. The molecule has 3 N–H and O–H groups in total. The fourth-order valence-electron chi connectivity index (χ4n) is 5.38. The van der Waals surface area contributed by atoms with Crippen LogP contribution in [0.1, 0.15) is 47.0 Å². The molecule has 43 heavy (non-hydrogen) atoms. The van der Waals surface area contributed by atoms with Crippen LogP contribution in [0.4, 0.5) is 11.4 Å². The van der Waals surface area contributed by atoms with Gasteiger partial charge in [-0.15, -0.1) is 12.4 Å². The number of amides is 3. The molecule has 9 heteroatoms. The Morgan fingerprint density at radius 2 is 1.65 bits per heavy atom. The number of halogens is 1. The SMILES string of the molecule is CN[C@@H](C)C(=O)N[C@H]1CN(C(=O)c2cccc(C(C)O)c2)c2ccccc2N(Cc2c(C)ccc3ccccc23)C1=O.Cl. The molecule has 0 radical (unpaired) electrons. The van der Waals surface area contributed by atoms with Crippen molar-refractivity contribution in [1.82, 2.24) is 10.6 Å². The molecule has 3 amide bonds. The van der Waals surface area contributed by atoms with Crippen molar-refractivity contribution < 1.29 is 19.5 Å². The first kappa shape index (κ1) is 31.7. The maximum absolute atomic E-state index is 14.4. The zero-order valence-electron chi connectivity index (χ0n) is 24.7. The van der Waals surface area contributed by atoms with Gasteiger partial charge in [0, 0.05) is 5.56 Å². The molecule has 0 aliphatic carbocycles. The van der Waals surface area contributed by atoms with E-state index in [1.54, 1.807) is 55.0 Å². The highest BCUT2D eigenvalue weighted by molar-refractivity contribution is 6.13. The number of likely N-dealkylation sites (N-methyl/N-ethyl adjacent to an activating group) is 1. The van der Waals surface area contributed by atoms with Crippen LogP contribution in [0.5, 0.6) is 0 Å². The maximum atomic E-state index is 14.4. The van der Waals surface area contributed by atoms with Crippen LogP contribution in [-0.2, 0) is 16.1 Å². The minimum absolute atomic E-state index is 0. The minimum atomic E-state index is -1.00. The first-order valence-corrected chi connectivity index (χ1v) is 14.1. The number of fused-ring (bicyclic) bond motifs is 2. The number of aliphatic hydroxyl groups is 1. The lowest BCUT2D eigenvalue weighted by Gasteiger charge is -2.27. The summed E-state index contributed by atoms with van der Waals surface area (Å²) in [6.45, 7) is 5.59. The van der Waals surface area contributed by atoms with Gasteiger partial charge in [0.05, 0.1) is 36.6 Å². The van der Waals surface area contributed by atoms with E-state index in [0.29, 0.717) is 22.5 Å². The van der Waals surface area contributed by atoms with Crippen molar-refractivity contribution in [1.29, 1.82) is 0 Å². The van der Waals surface area contributed by atoms with Gasteiger partial charge in [-0.3, -0.25) is 14.4 Å². The van der Waals surface area contributed by atoms with E-state index in [1.807, 2.05) is 61.5 Å². The number of nitrogens with one attached hydrogen (secondary N) is 2. The Morgan fingerprint density at radius 1 is 0.953 bits per heavy atom. The average molecular weight is 601 g/mol. The van der Waals surface area contributed by atoms with Gasteiger partial charge < -0.3 is 25.5 Å². The number of benzene rings is 4. The molecule has 0 saturated heterocycles. The molecular weight excluding hydrogens is 564 g/mol. The van der Waals surface area contributed by atoms with E-state index >= 15 is 0 Å². The van der Waals surface area contributed by atoms with E-state index in [9.17, 15) is 19.5 Å². The summed E-state index contributed by atoms with van der Waals surface area (Å²) in [7, 11) is 1.68. The van der Waals surface area contributed by atoms with Crippen LogP contribution in [0.2, 0.25) is 0 Å². The number of nitrogens with zero attached hydrogens (tertiary/aromatic N) is 2. The predicted octanol–water partition coefficient (Wildman–Crippen LogP) is 4.91. The van der Waals surface area contributed by atoms with Gasteiger partial charge in [0.15, 0.2) is 0 Å². The molecule has 1 unspecified atom stereocenters. The Bertz CT molecular complexity index is 1660. The normalized spacial score (nSPS) is 16.1. The van der Waals surface area contributed by atoms with Crippen molar-refractivity contribution in [3.05, 3.63) is 107 Å². The quantitative estimate of drug-likeness (QED) is 0.280. The smallest absolute Gasteiger partial charge is 0.258 e. The lowest BCUT2D eigenvalue weighted by atomic mass is 9.99. The number of carbonyl (C=O) groups is 3. The van der Waals surface area contributed by atoms with Gasteiger partial charge in [0.1, 0.15) is 6.04 Å². The number of aryl methyl sites for hydroxylation is 1. The first-order chi connectivity index (χ1) is 20.2. The summed E-state index contributed by atoms with van der Waals surface area (Å²) in [5, 5.41) is 18.1. The Morgan fingerprint density at radius 3 is 2.37 bits per heavy atom. The molecule has 0 bridgehead atoms. The molecule has 0 spiro atoms. The van der Waals surface area contributed by atoms with Crippen LogP contribution in [0.15, 0.2) is 84.9 Å². The Kier molecular flexibility index (Phi) is 9.86. The van der Waals surface area contributed by atoms with E-state index in [-0.39, 0.29) is 43.2 Å².